The lowest BCUT2D eigenvalue weighted by molar-refractivity contribution is -0.147. The summed E-state index contributed by atoms with van der Waals surface area (Å²) in [5.74, 6) is 0.866. The molecule has 5 heteroatoms. The molecule has 0 radical (unpaired) electrons. The van der Waals surface area contributed by atoms with Gasteiger partial charge in [0.2, 0.25) is 8.32 Å². The molecule has 0 aromatic rings. The molecular formula is C18H35NO3Si. The lowest BCUT2D eigenvalue weighted by atomic mass is 9.87. The summed E-state index contributed by atoms with van der Waals surface area (Å²) in [6, 6.07) is 0.0750. The molecule has 0 aromatic carbocycles. The van der Waals surface area contributed by atoms with Gasteiger partial charge in [-0.2, -0.15) is 0 Å². The van der Waals surface area contributed by atoms with Gasteiger partial charge in [-0.3, -0.25) is 9.69 Å². The number of hydrogen-bond acceptors (Lipinski definition) is 4. The number of rotatable bonds is 6. The van der Waals surface area contributed by atoms with Gasteiger partial charge in [-0.15, -0.1) is 0 Å². The quantitative estimate of drug-likeness (QED) is 0.536. The van der Waals surface area contributed by atoms with Crippen LogP contribution in [0.3, 0.4) is 0 Å². The van der Waals surface area contributed by atoms with Gasteiger partial charge in [-0.05, 0) is 43.7 Å². The SMILES string of the molecule is CCN(CC)[C@@H]1C=C(O[Si](C)(C)C(C)(C)C)CC[C@H]1C(=O)OC. The second-order valence-electron chi connectivity index (χ2n) is 7.88. The topological polar surface area (TPSA) is 38.8 Å². The molecule has 0 saturated carbocycles. The summed E-state index contributed by atoms with van der Waals surface area (Å²) in [5.41, 5.74) is 0. The summed E-state index contributed by atoms with van der Waals surface area (Å²) in [7, 11) is -0.358. The lowest BCUT2D eigenvalue weighted by Gasteiger charge is -2.41. The smallest absolute Gasteiger partial charge is 0.310 e. The van der Waals surface area contributed by atoms with E-state index in [1.807, 2.05) is 0 Å². The van der Waals surface area contributed by atoms with Gasteiger partial charge in [0.15, 0.2) is 0 Å². The van der Waals surface area contributed by atoms with Crippen LogP contribution in [0.2, 0.25) is 18.1 Å². The van der Waals surface area contributed by atoms with Crippen LogP contribution in [0.1, 0.15) is 47.5 Å². The average molecular weight is 342 g/mol. The Bertz CT molecular complexity index is 436. The van der Waals surface area contributed by atoms with Gasteiger partial charge in [0.05, 0.1) is 18.8 Å². The van der Waals surface area contributed by atoms with Gasteiger partial charge in [-0.25, -0.2) is 0 Å². The molecular weight excluding hydrogens is 306 g/mol. The molecule has 1 aliphatic carbocycles. The summed E-state index contributed by atoms with van der Waals surface area (Å²) in [5, 5.41) is 0.178. The number of methoxy groups -OCH3 is 1. The summed E-state index contributed by atoms with van der Waals surface area (Å²) < 4.78 is 11.5. The van der Waals surface area contributed by atoms with Crippen LogP contribution >= 0.6 is 0 Å². The van der Waals surface area contributed by atoms with Crippen molar-refractivity contribution >= 4 is 14.3 Å². The van der Waals surface area contributed by atoms with Crippen molar-refractivity contribution in [3.8, 4) is 0 Å². The fourth-order valence-electron chi connectivity index (χ4n) is 2.84. The van der Waals surface area contributed by atoms with Crippen LogP contribution < -0.4 is 0 Å². The first-order valence-corrected chi connectivity index (χ1v) is 11.7. The van der Waals surface area contributed by atoms with Crippen molar-refractivity contribution in [1.82, 2.24) is 4.90 Å². The Morgan fingerprint density at radius 2 is 1.87 bits per heavy atom. The van der Waals surface area contributed by atoms with Crippen molar-refractivity contribution in [3.05, 3.63) is 11.8 Å². The van der Waals surface area contributed by atoms with E-state index >= 15 is 0 Å². The van der Waals surface area contributed by atoms with Gasteiger partial charge in [-0.1, -0.05) is 34.6 Å². The van der Waals surface area contributed by atoms with Gasteiger partial charge in [0, 0.05) is 12.5 Å². The van der Waals surface area contributed by atoms with Crippen molar-refractivity contribution in [3.63, 3.8) is 0 Å². The molecule has 0 unspecified atom stereocenters. The first kappa shape index (κ1) is 20.2. The van der Waals surface area contributed by atoms with Crippen molar-refractivity contribution in [1.29, 1.82) is 0 Å². The number of esters is 1. The zero-order valence-corrected chi connectivity index (χ0v) is 17.2. The van der Waals surface area contributed by atoms with E-state index in [1.54, 1.807) is 0 Å². The maximum atomic E-state index is 12.2. The molecule has 1 rings (SSSR count). The number of likely N-dealkylation sites (N-methyl/N-ethyl adjacent to an activating group) is 1. The van der Waals surface area contributed by atoms with Gasteiger partial charge < -0.3 is 9.16 Å². The Kier molecular flexibility index (Phi) is 6.90. The number of carbonyl (C=O) groups is 1. The van der Waals surface area contributed by atoms with Crippen LogP contribution in [-0.4, -0.2) is 45.4 Å². The molecule has 23 heavy (non-hydrogen) atoms. The zero-order valence-electron chi connectivity index (χ0n) is 16.2. The third-order valence-corrected chi connectivity index (χ3v) is 9.79. The molecule has 4 nitrogen and oxygen atoms in total. The number of carbonyl (C=O) groups excluding carboxylic acids is 1. The third kappa shape index (κ3) is 4.83. The van der Waals surface area contributed by atoms with Gasteiger partial charge >= 0.3 is 5.97 Å². The fraction of sp³-hybridized carbons (Fsp3) is 0.833. The van der Waals surface area contributed by atoms with Gasteiger partial charge in [0.25, 0.3) is 0 Å². The molecule has 0 aromatic heterocycles. The molecule has 0 saturated heterocycles. The predicted molar refractivity (Wildman–Crippen MR) is 97.8 cm³/mol. The number of hydrogen-bond donors (Lipinski definition) is 0. The molecule has 0 amide bonds. The van der Waals surface area contributed by atoms with E-state index in [0.717, 1.165) is 31.7 Å². The minimum Gasteiger partial charge on any atom is -0.547 e. The Morgan fingerprint density at radius 1 is 1.30 bits per heavy atom. The van der Waals surface area contributed by atoms with Crippen molar-refractivity contribution < 1.29 is 14.0 Å². The Morgan fingerprint density at radius 3 is 2.30 bits per heavy atom. The second kappa shape index (κ2) is 7.84. The molecule has 1 aliphatic rings. The first-order valence-electron chi connectivity index (χ1n) is 8.79. The van der Waals surface area contributed by atoms with E-state index in [4.69, 9.17) is 9.16 Å². The third-order valence-electron chi connectivity index (χ3n) is 5.40. The minimum absolute atomic E-state index is 0.0750. The lowest BCUT2D eigenvalue weighted by Crippen LogP contribution is -2.46. The predicted octanol–water partition coefficient (Wildman–Crippen LogP) is 4.19. The second-order valence-corrected chi connectivity index (χ2v) is 12.6. The maximum Gasteiger partial charge on any atom is 0.310 e. The average Bonchev–Trinajstić information content (AvgIpc) is 2.46. The highest BCUT2D eigenvalue weighted by molar-refractivity contribution is 6.74. The number of ether oxygens (including phenoxy) is 1. The van der Waals surface area contributed by atoms with E-state index in [9.17, 15) is 4.79 Å². The summed E-state index contributed by atoms with van der Waals surface area (Å²) in [6.45, 7) is 17.4. The molecule has 0 spiro atoms. The normalized spacial score (nSPS) is 22.7. The summed E-state index contributed by atoms with van der Waals surface area (Å²) in [6.07, 6.45) is 3.80. The largest absolute Gasteiger partial charge is 0.547 e. The maximum absolute atomic E-state index is 12.2. The molecule has 0 heterocycles. The van der Waals surface area contributed by atoms with Crippen molar-refractivity contribution in [2.75, 3.05) is 20.2 Å². The van der Waals surface area contributed by atoms with Gasteiger partial charge in [0.1, 0.15) is 0 Å². The Balaban J connectivity index is 3.05. The highest BCUT2D eigenvalue weighted by Gasteiger charge is 2.41. The first-order chi connectivity index (χ1) is 10.6. The monoisotopic (exact) mass is 341 g/mol. The Labute approximate surface area is 143 Å². The Hall–Kier alpha value is -0.813. The van der Waals surface area contributed by atoms with Crippen LogP contribution in [0.15, 0.2) is 11.8 Å². The molecule has 134 valence electrons. The van der Waals surface area contributed by atoms with Crippen LogP contribution in [0.5, 0.6) is 0 Å². The summed E-state index contributed by atoms with van der Waals surface area (Å²) >= 11 is 0. The standard InChI is InChI=1S/C18H35NO3Si/c1-9-19(10-2)16-13-14(11-12-15(16)17(20)21-6)22-23(7,8)18(3,4)5/h13,15-16H,9-12H2,1-8H3/t15-,16-/m1/s1. The summed E-state index contributed by atoms with van der Waals surface area (Å²) in [4.78, 5) is 14.5. The highest BCUT2D eigenvalue weighted by atomic mass is 28.4. The zero-order chi connectivity index (χ0) is 17.8. The highest BCUT2D eigenvalue weighted by Crippen LogP contribution is 2.40. The van der Waals surface area contributed by atoms with E-state index in [-0.39, 0.29) is 23.0 Å². The minimum atomic E-state index is -1.84. The molecule has 0 bridgehead atoms. The fourth-order valence-corrected chi connectivity index (χ4v) is 3.97. The molecule has 0 aliphatic heterocycles. The van der Waals surface area contributed by atoms with E-state index < -0.39 is 8.32 Å². The van der Waals surface area contributed by atoms with E-state index in [0.29, 0.717) is 0 Å². The van der Waals surface area contributed by atoms with Crippen LogP contribution in [0.25, 0.3) is 0 Å². The van der Waals surface area contributed by atoms with Crippen molar-refractivity contribution in [2.45, 2.75) is 71.6 Å². The molecule has 2 atom stereocenters. The number of nitrogens with zero attached hydrogens (tertiary/aromatic N) is 1. The van der Waals surface area contributed by atoms with Crippen LogP contribution in [0.4, 0.5) is 0 Å². The van der Waals surface area contributed by atoms with E-state index in [1.165, 1.54) is 7.11 Å². The van der Waals surface area contributed by atoms with Crippen molar-refractivity contribution in [2.24, 2.45) is 5.92 Å². The van der Waals surface area contributed by atoms with Crippen LogP contribution in [-0.2, 0) is 14.0 Å². The van der Waals surface area contributed by atoms with E-state index in [2.05, 4.69) is 58.7 Å². The number of allylic oxidation sites excluding steroid dienone is 1. The van der Waals surface area contributed by atoms with Crippen LogP contribution in [0, 0.1) is 5.92 Å². The molecule has 0 N–H and O–H groups in total. The molecule has 0 fully saturated rings.